The van der Waals surface area contributed by atoms with E-state index in [1.165, 1.54) is 5.69 Å². The minimum absolute atomic E-state index is 0.00851. The van der Waals surface area contributed by atoms with Crippen molar-refractivity contribution >= 4 is 34.1 Å². The average Bonchev–Trinajstić information content (AvgIpc) is 2.74. The molecule has 5 nitrogen and oxygen atoms in total. The molecule has 1 unspecified atom stereocenters. The molecule has 0 saturated carbocycles. The van der Waals surface area contributed by atoms with Crippen molar-refractivity contribution in [3.05, 3.63) is 71.4 Å². The number of aromatic nitrogens is 1. The summed E-state index contributed by atoms with van der Waals surface area (Å²) in [6, 6.07) is 17.1. The van der Waals surface area contributed by atoms with E-state index in [2.05, 4.69) is 16.0 Å². The minimum atomic E-state index is -0.533. The summed E-state index contributed by atoms with van der Waals surface area (Å²) >= 11 is 5.92. The maximum atomic E-state index is 12.8. The third-order valence-electron chi connectivity index (χ3n) is 5.24. The zero-order valence-electron chi connectivity index (χ0n) is 15.6. The van der Waals surface area contributed by atoms with E-state index in [1.807, 2.05) is 59.6 Å². The van der Waals surface area contributed by atoms with Crippen LogP contribution >= 0.6 is 11.6 Å². The van der Waals surface area contributed by atoms with E-state index in [9.17, 15) is 4.79 Å². The molecule has 28 heavy (non-hydrogen) atoms. The van der Waals surface area contributed by atoms with Gasteiger partial charge >= 0.3 is 0 Å². The third kappa shape index (κ3) is 3.96. The number of hydrogen-bond donors (Lipinski definition) is 1. The number of nitrogens with zero attached hydrogens (tertiary/aromatic N) is 3. The molecule has 2 N–H and O–H groups in total. The molecule has 0 spiro atoms. The Morgan fingerprint density at radius 3 is 2.50 bits per heavy atom. The number of nitrogens with two attached hydrogens (primary N) is 1. The highest BCUT2D eigenvalue weighted by atomic mass is 35.5. The van der Waals surface area contributed by atoms with Crippen LogP contribution < -0.4 is 10.6 Å². The zero-order valence-corrected chi connectivity index (χ0v) is 16.3. The fourth-order valence-corrected chi connectivity index (χ4v) is 3.85. The first kappa shape index (κ1) is 18.7. The number of fused-ring (bicyclic) bond motifs is 1. The van der Waals surface area contributed by atoms with Crippen molar-refractivity contribution in [3.63, 3.8) is 0 Å². The summed E-state index contributed by atoms with van der Waals surface area (Å²) in [5.41, 5.74) is 9.37. The SMILES string of the molecule is NC(Cc1ccc(Cl)cc1)C(=O)N1CCN(c2ccnc3ccccc23)CC1. The second kappa shape index (κ2) is 8.17. The van der Waals surface area contributed by atoms with Gasteiger partial charge in [0, 0.05) is 48.5 Å². The van der Waals surface area contributed by atoms with E-state index in [0.29, 0.717) is 24.5 Å². The number of halogens is 1. The molecule has 1 saturated heterocycles. The molecule has 2 aromatic carbocycles. The first-order valence-electron chi connectivity index (χ1n) is 9.49. The highest BCUT2D eigenvalue weighted by Gasteiger charge is 2.26. The van der Waals surface area contributed by atoms with Crippen LogP contribution in [0.4, 0.5) is 5.69 Å². The molecule has 1 atom stereocenters. The number of carbonyl (C=O) groups is 1. The van der Waals surface area contributed by atoms with Crippen LogP contribution in [0, 0.1) is 0 Å². The van der Waals surface area contributed by atoms with Crippen LogP contribution in [0.5, 0.6) is 0 Å². The molecule has 4 rings (SSSR count). The van der Waals surface area contributed by atoms with E-state index < -0.39 is 6.04 Å². The van der Waals surface area contributed by atoms with E-state index in [1.54, 1.807) is 0 Å². The normalized spacial score (nSPS) is 15.6. The van der Waals surface area contributed by atoms with Crippen molar-refractivity contribution in [1.29, 1.82) is 0 Å². The molecule has 2 heterocycles. The Bertz CT molecular complexity index is 962. The first-order valence-corrected chi connectivity index (χ1v) is 9.87. The molecule has 6 heteroatoms. The summed E-state index contributed by atoms with van der Waals surface area (Å²) in [6.07, 6.45) is 2.36. The Balaban J connectivity index is 1.39. The van der Waals surface area contributed by atoms with Crippen LogP contribution in [0.1, 0.15) is 5.56 Å². The zero-order chi connectivity index (χ0) is 19.5. The van der Waals surface area contributed by atoms with Crippen molar-refractivity contribution in [2.75, 3.05) is 31.1 Å². The molecule has 0 bridgehead atoms. The predicted molar refractivity (Wildman–Crippen MR) is 114 cm³/mol. The van der Waals surface area contributed by atoms with Gasteiger partial charge in [0.05, 0.1) is 11.6 Å². The van der Waals surface area contributed by atoms with Crippen molar-refractivity contribution in [2.24, 2.45) is 5.73 Å². The van der Waals surface area contributed by atoms with Gasteiger partial charge in [-0.3, -0.25) is 9.78 Å². The topological polar surface area (TPSA) is 62.5 Å². The monoisotopic (exact) mass is 394 g/mol. The molecule has 1 fully saturated rings. The van der Waals surface area contributed by atoms with Gasteiger partial charge in [0.2, 0.25) is 5.91 Å². The quantitative estimate of drug-likeness (QED) is 0.738. The second-order valence-electron chi connectivity index (χ2n) is 7.10. The molecule has 144 valence electrons. The summed E-state index contributed by atoms with van der Waals surface area (Å²) in [4.78, 5) is 21.4. The summed E-state index contributed by atoms with van der Waals surface area (Å²) in [7, 11) is 0. The number of pyridine rings is 1. The van der Waals surface area contributed by atoms with Crippen LogP contribution in [-0.4, -0.2) is 48.0 Å². The lowest BCUT2D eigenvalue weighted by molar-refractivity contribution is -0.132. The molecule has 1 aliphatic rings. The Morgan fingerprint density at radius 1 is 1.04 bits per heavy atom. The number of rotatable bonds is 4. The summed E-state index contributed by atoms with van der Waals surface area (Å²) in [5.74, 6) is 0.00851. The Labute approximate surface area is 169 Å². The molecular formula is C22H23ClN4O. The Kier molecular flexibility index (Phi) is 5.46. The molecule has 1 amide bonds. The Morgan fingerprint density at radius 2 is 1.75 bits per heavy atom. The number of amides is 1. The van der Waals surface area contributed by atoms with E-state index >= 15 is 0 Å². The van der Waals surface area contributed by atoms with Crippen LogP contribution in [0.3, 0.4) is 0 Å². The van der Waals surface area contributed by atoms with E-state index in [0.717, 1.165) is 29.6 Å². The molecule has 0 radical (unpaired) electrons. The van der Waals surface area contributed by atoms with E-state index in [4.69, 9.17) is 17.3 Å². The fraction of sp³-hybridized carbons (Fsp3) is 0.273. The molecule has 1 aliphatic heterocycles. The molecule has 0 aliphatic carbocycles. The number of para-hydroxylation sites is 1. The number of anilines is 1. The van der Waals surface area contributed by atoms with Crippen LogP contribution in [0.25, 0.3) is 10.9 Å². The van der Waals surface area contributed by atoms with Crippen molar-refractivity contribution in [1.82, 2.24) is 9.88 Å². The number of benzene rings is 2. The molecular weight excluding hydrogens is 372 g/mol. The largest absolute Gasteiger partial charge is 0.367 e. The minimum Gasteiger partial charge on any atom is -0.367 e. The average molecular weight is 395 g/mol. The van der Waals surface area contributed by atoms with Gasteiger partial charge in [-0.15, -0.1) is 0 Å². The maximum Gasteiger partial charge on any atom is 0.239 e. The number of piperazine rings is 1. The van der Waals surface area contributed by atoms with Crippen molar-refractivity contribution in [3.8, 4) is 0 Å². The van der Waals surface area contributed by atoms with Gasteiger partial charge in [0.1, 0.15) is 0 Å². The van der Waals surface area contributed by atoms with Gasteiger partial charge < -0.3 is 15.5 Å². The van der Waals surface area contributed by atoms with Gasteiger partial charge in [-0.25, -0.2) is 0 Å². The number of carbonyl (C=O) groups excluding carboxylic acids is 1. The smallest absolute Gasteiger partial charge is 0.239 e. The maximum absolute atomic E-state index is 12.8. The fourth-order valence-electron chi connectivity index (χ4n) is 3.72. The van der Waals surface area contributed by atoms with Gasteiger partial charge in [0.15, 0.2) is 0 Å². The van der Waals surface area contributed by atoms with Crippen molar-refractivity contribution < 1.29 is 4.79 Å². The first-order chi connectivity index (χ1) is 13.6. The van der Waals surface area contributed by atoms with Gasteiger partial charge in [-0.2, -0.15) is 0 Å². The van der Waals surface area contributed by atoms with Gasteiger partial charge in [0.25, 0.3) is 0 Å². The lowest BCUT2D eigenvalue weighted by Crippen LogP contribution is -2.53. The summed E-state index contributed by atoms with van der Waals surface area (Å²) in [5, 5.41) is 1.83. The van der Waals surface area contributed by atoms with Crippen LogP contribution in [-0.2, 0) is 11.2 Å². The lowest BCUT2D eigenvalue weighted by Gasteiger charge is -2.37. The third-order valence-corrected chi connectivity index (χ3v) is 5.50. The van der Waals surface area contributed by atoms with Crippen LogP contribution in [0.15, 0.2) is 60.8 Å². The van der Waals surface area contributed by atoms with E-state index in [-0.39, 0.29) is 5.91 Å². The van der Waals surface area contributed by atoms with Gasteiger partial charge in [-0.1, -0.05) is 41.9 Å². The molecule has 3 aromatic rings. The predicted octanol–water partition coefficient (Wildman–Crippen LogP) is 3.11. The standard InChI is InChI=1S/C22H23ClN4O/c23-17-7-5-16(6-8-17)15-19(24)22(28)27-13-11-26(12-14-27)21-9-10-25-20-4-2-1-3-18(20)21/h1-10,19H,11-15,24H2. The summed E-state index contributed by atoms with van der Waals surface area (Å²) in [6.45, 7) is 2.91. The van der Waals surface area contributed by atoms with Crippen molar-refractivity contribution in [2.45, 2.75) is 12.5 Å². The van der Waals surface area contributed by atoms with Gasteiger partial charge in [-0.05, 0) is 36.2 Å². The lowest BCUT2D eigenvalue weighted by atomic mass is 10.1. The summed E-state index contributed by atoms with van der Waals surface area (Å²) < 4.78 is 0. The Hall–Kier alpha value is -2.63. The highest BCUT2D eigenvalue weighted by Crippen LogP contribution is 2.26. The second-order valence-corrected chi connectivity index (χ2v) is 7.53. The highest BCUT2D eigenvalue weighted by molar-refractivity contribution is 6.30. The molecule has 1 aromatic heterocycles. The number of hydrogen-bond acceptors (Lipinski definition) is 4. The van der Waals surface area contributed by atoms with Crippen LogP contribution in [0.2, 0.25) is 5.02 Å².